The first-order valence-corrected chi connectivity index (χ1v) is 9.17. The topological polar surface area (TPSA) is 71.8 Å². The lowest BCUT2D eigenvalue weighted by Gasteiger charge is -2.23. The van der Waals surface area contributed by atoms with Gasteiger partial charge in [-0.3, -0.25) is 4.79 Å². The molecule has 1 aliphatic carbocycles. The van der Waals surface area contributed by atoms with Gasteiger partial charge in [0.1, 0.15) is 0 Å². The number of aryl methyl sites for hydroxylation is 1. The second-order valence-corrected chi connectivity index (χ2v) is 7.16. The number of rotatable bonds is 3. The third-order valence-corrected chi connectivity index (χ3v) is 5.61. The number of piperidine rings is 1. The van der Waals surface area contributed by atoms with Crippen molar-refractivity contribution in [3.63, 3.8) is 0 Å². The summed E-state index contributed by atoms with van der Waals surface area (Å²) in [6.45, 7) is 6.06. The standard InChI is InChI=1S/C19H25N5O/c1-12-4-3-5-16-15(12)6-7-17(16)21-19(25)18-13(2)24(23-22-18)14-8-10-20-11-9-14/h3-5,14,17,20H,6-11H2,1-2H3,(H,21,25)/t17-/m0/s1. The molecule has 2 aromatic rings. The summed E-state index contributed by atoms with van der Waals surface area (Å²) in [5.74, 6) is -0.114. The van der Waals surface area contributed by atoms with Crippen LogP contribution in [0.2, 0.25) is 0 Å². The van der Waals surface area contributed by atoms with E-state index in [1.54, 1.807) is 0 Å². The number of fused-ring (bicyclic) bond motifs is 1. The van der Waals surface area contributed by atoms with Crippen LogP contribution in [-0.2, 0) is 6.42 Å². The Bertz CT molecular complexity index is 791. The van der Waals surface area contributed by atoms with E-state index in [0.29, 0.717) is 11.7 Å². The van der Waals surface area contributed by atoms with Crippen molar-refractivity contribution in [1.29, 1.82) is 0 Å². The van der Waals surface area contributed by atoms with Gasteiger partial charge in [-0.2, -0.15) is 0 Å². The van der Waals surface area contributed by atoms with Gasteiger partial charge in [0.25, 0.3) is 5.91 Å². The number of amides is 1. The number of nitrogens with zero attached hydrogens (tertiary/aromatic N) is 3. The average molecular weight is 339 g/mol. The Hall–Kier alpha value is -2.21. The lowest BCUT2D eigenvalue weighted by molar-refractivity contribution is 0.0931. The zero-order valence-corrected chi connectivity index (χ0v) is 14.9. The predicted molar refractivity (Wildman–Crippen MR) is 95.6 cm³/mol. The lowest BCUT2D eigenvalue weighted by atomic mass is 10.0. The van der Waals surface area contributed by atoms with Crippen LogP contribution in [-0.4, -0.2) is 34.0 Å². The van der Waals surface area contributed by atoms with Crippen LogP contribution in [0.25, 0.3) is 0 Å². The van der Waals surface area contributed by atoms with Gasteiger partial charge in [-0.25, -0.2) is 4.68 Å². The van der Waals surface area contributed by atoms with Gasteiger partial charge in [-0.15, -0.1) is 5.10 Å². The molecule has 1 atom stereocenters. The molecule has 6 heteroatoms. The third-order valence-electron chi connectivity index (χ3n) is 5.61. The largest absolute Gasteiger partial charge is 0.344 e. The Kier molecular flexibility index (Phi) is 4.29. The summed E-state index contributed by atoms with van der Waals surface area (Å²) in [6.07, 6.45) is 4.03. The summed E-state index contributed by atoms with van der Waals surface area (Å²) in [6, 6.07) is 6.74. The molecule has 2 heterocycles. The maximum atomic E-state index is 12.8. The molecule has 25 heavy (non-hydrogen) atoms. The van der Waals surface area contributed by atoms with Crippen molar-refractivity contribution in [3.8, 4) is 0 Å². The first-order chi connectivity index (χ1) is 12.1. The molecule has 0 spiro atoms. The molecule has 1 aliphatic heterocycles. The van der Waals surface area contributed by atoms with E-state index < -0.39 is 0 Å². The smallest absolute Gasteiger partial charge is 0.274 e. The summed E-state index contributed by atoms with van der Waals surface area (Å²) >= 11 is 0. The molecule has 0 radical (unpaired) electrons. The second kappa shape index (κ2) is 6.59. The van der Waals surface area contributed by atoms with Gasteiger partial charge in [-0.05, 0) is 69.3 Å². The zero-order valence-electron chi connectivity index (χ0n) is 14.9. The van der Waals surface area contributed by atoms with Crippen molar-refractivity contribution in [2.75, 3.05) is 13.1 Å². The Balaban J connectivity index is 1.51. The SMILES string of the molecule is Cc1cccc2c1CC[C@@H]2NC(=O)c1nnn(C2CCNCC2)c1C. The maximum Gasteiger partial charge on any atom is 0.274 e. The minimum Gasteiger partial charge on any atom is -0.344 e. The highest BCUT2D eigenvalue weighted by molar-refractivity contribution is 5.93. The fourth-order valence-corrected chi connectivity index (χ4v) is 4.16. The second-order valence-electron chi connectivity index (χ2n) is 7.16. The minimum atomic E-state index is -0.114. The van der Waals surface area contributed by atoms with Gasteiger partial charge in [0.2, 0.25) is 0 Å². The number of hydrogen-bond donors (Lipinski definition) is 2. The molecule has 1 fully saturated rings. The molecule has 6 nitrogen and oxygen atoms in total. The normalized spacial score (nSPS) is 20.5. The van der Waals surface area contributed by atoms with Crippen LogP contribution in [0.1, 0.15) is 64.2 Å². The lowest BCUT2D eigenvalue weighted by Crippen LogP contribution is -2.31. The minimum absolute atomic E-state index is 0.0748. The number of nitrogens with one attached hydrogen (secondary N) is 2. The van der Waals surface area contributed by atoms with Gasteiger partial charge in [-0.1, -0.05) is 23.4 Å². The molecule has 0 saturated carbocycles. The number of aromatic nitrogens is 3. The van der Waals surface area contributed by atoms with Crippen molar-refractivity contribution in [3.05, 3.63) is 46.3 Å². The van der Waals surface area contributed by atoms with Crippen LogP contribution in [0.15, 0.2) is 18.2 Å². The Labute approximate surface area is 148 Å². The maximum absolute atomic E-state index is 12.8. The summed E-state index contributed by atoms with van der Waals surface area (Å²) in [7, 11) is 0. The molecule has 0 unspecified atom stereocenters. The van der Waals surface area contributed by atoms with Crippen LogP contribution < -0.4 is 10.6 Å². The Morgan fingerprint density at radius 2 is 2.04 bits per heavy atom. The summed E-state index contributed by atoms with van der Waals surface area (Å²) in [5.41, 5.74) is 5.26. The molecule has 132 valence electrons. The summed E-state index contributed by atoms with van der Waals surface area (Å²) < 4.78 is 1.93. The quantitative estimate of drug-likeness (QED) is 0.899. The highest BCUT2D eigenvalue weighted by Crippen LogP contribution is 2.33. The molecule has 2 N–H and O–H groups in total. The van der Waals surface area contributed by atoms with Crippen LogP contribution in [0.5, 0.6) is 0 Å². The first kappa shape index (κ1) is 16.3. The highest BCUT2D eigenvalue weighted by atomic mass is 16.2. The van der Waals surface area contributed by atoms with E-state index >= 15 is 0 Å². The van der Waals surface area contributed by atoms with Gasteiger partial charge in [0.05, 0.1) is 17.8 Å². The number of benzene rings is 1. The van der Waals surface area contributed by atoms with Crippen LogP contribution >= 0.6 is 0 Å². The van der Waals surface area contributed by atoms with Crippen molar-refractivity contribution in [2.24, 2.45) is 0 Å². The van der Waals surface area contributed by atoms with E-state index in [1.165, 1.54) is 16.7 Å². The van der Waals surface area contributed by atoms with E-state index in [-0.39, 0.29) is 11.9 Å². The molecule has 4 rings (SSSR count). The summed E-state index contributed by atoms with van der Waals surface area (Å²) in [5, 5.41) is 15.0. The van der Waals surface area contributed by atoms with Gasteiger partial charge in [0.15, 0.2) is 5.69 Å². The fourth-order valence-electron chi connectivity index (χ4n) is 4.16. The number of carbonyl (C=O) groups is 1. The van der Waals surface area contributed by atoms with Crippen LogP contribution in [0.3, 0.4) is 0 Å². The Morgan fingerprint density at radius 3 is 2.84 bits per heavy atom. The molecule has 0 bridgehead atoms. The van der Waals surface area contributed by atoms with E-state index in [9.17, 15) is 4.79 Å². The van der Waals surface area contributed by atoms with Crippen molar-refractivity contribution in [1.82, 2.24) is 25.6 Å². The van der Waals surface area contributed by atoms with E-state index in [1.807, 2.05) is 11.6 Å². The number of carbonyl (C=O) groups excluding carboxylic acids is 1. The van der Waals surface area contributed by atoms with Gasteiger partial charge < -0.3 is 10.6 Å². The molecule has 2 aliphatic rings. The molecule has 1 aromatic heterocycles. The molecule has 1 saturated heterocycles. The molecular formula is C19H25N5O. The highest BCUT2D eigenvalue weighted by Gasteiger charge is 2.28. The third kappa shape index (κ3) is 2.95. The summed E-state index contributed by atoms with van der Waals surface area (Å²) in [4.78, 5) is 12.8. The molecular weight excluding hydrogens is 314 g/mol. The fraction of sp³-hybridized carbons (Fsp3) is 0.526. The van der Waals surface area contributed by atoms with E-state index in [4.69, 9.17) is 0 Å². The monoisotopic (exact) mass is 339 g/mol. The van der Waals surface area contributed by atoms with Gasteiger partial charge in [0, 0.05) is 0 Å². The van der Waals surface area contributed by atoms with E-state index in [2.05, 4.69) is 46.1 Å². The van der Waals surface area contributed by atoms with Crippen LogP contribution in [0.4, 0.5) is 0 Å². The first-order valence-electron chi connectivity index (χ1n) is 9.17. The Morgan fingerprint density at radius 1 is 1.24 bits per heavy atom. The van der Waals surface area contributed by atoms with Crippen molar-refractivity contribution < 1.29 is 4.79 Å². The van der Waals surface area contributed by atoms with Crippen molar-refractivity contribution >= 4 is 5.91 Å². The van der Waals surface area contributed by atoms with E-state index in [0.717, 1.165) is 44.5 Å². The molecule has 1 amide bonds. The average Bonchev–Trinajstić information content (AvgIpc) is 3.20. The van der Waals surface area contributed by atoms with Gasteiger partial charge >= 0.3 is 0 Å². The number of hydrogen-bond acceptors (Lipinski definition) is 4. The van der Waals surface area contributed by atoms with Crippen LogP contribution in [0, 0.1) is 13.8 Å². The predicted octanol–water partition coefficient (Wildman–Crippen LogP) is 2.24. The zero-order chi connectivity index (χ0) is 17.4. The van der Waals surface area contributed by atoms with Crippen molar-refractivity contribution in [2.45, 2.75) is 51.6 Å². The molecule has 1 aromatic carbocycles.